The third kappa shape index (κ3) is 6.63. The lowest BCUT2D eigenvalue weighted by Crippen LogP contribution is -2.34. The van der Waals surface area contributed by atoms with Crippen molar-refractivity contribution in [3.05, 3.63) is 58.7 Å². The van der Waals surface area contributed by atoms with Crippen LogP contribution in [0.1, 0.15) is 74.6 Å². The number of piperidine rings is 1. The van der Waals surface area contributed by atoms with Crippen molar-refractivity contribution in [3.63, 3.8) is 0 Å². The minimum atomic E-state index is -0.716. The van der Waals surface area contributed by atoms with E-state index in [4.69, 9.17) is 14.5 Å². The molecule has 1 N–H and O–H groups in total. The van der Waals surface area contributed by atoms with E-state index in [2.05, 4.69) is 62.1 Å². The number of nitrogens with zero attached hydrogens (tertiary/aromatic N) is 4. The highest BCUT2D eigenvalue weighted by Gasteiger charge is 2.24. The second-order valence-electron chi connectivity index (χ2n) is 10.3. The molecule has 0 saturated carbocycles. The largest absolute Gasteiger partial charge is 0.481 e. The Kier molecular flexibility index (Phi) is 9.07. The topological polar surface area (TPSA) is 90.1 Å². The lowest BCUT2D eigenvalue weighted by molar-refractivity contribution is -0.137. The van der Waals surface area contributed by atoms with Crippen molar-refractivity contribution < 1.29 is 9.90 Å². The van der Waals surface area contributed by atoms with Crippen molar-refractivity contribution >= 4 is 17.5 Å². The van der Waals surface area contributed by atoms with Gasteiger partial charge in [-0.3, -0.25) is 4.79 Å². The molecule has 1 aliphatic rings. The highest BCUT2D eigenvalue weighted by atomic mass is 32.1. The fourth-order valence-corrected chi connectivity index (χ4v) is 6.07. The second kappa shape index (κ2) is 12.4. The summed E-state index contributed by atoms with van der Waals surface area (Å²) in [5, 5.41) is 19.4. The molecule has 1 saturated heterocycles. The Hall–Kier alpha value is -3.08. The molecule has 7 heteroatoms. The molecule has 0 unspecified atom stereocenters. The van der Waals surface area contributed by atoms with E-state index in [1.807, 2.05) is 6.07 Å². The molecule has 1 fully saturated rings. The summed E-state index contributed by atoms with van der Waals surface area (Å²) in [6.07, 6.45) is 4.92. The van der Waals surface area contributed by atoms with Crippen molar-refractivity contribution in [1.82, 2.24) is 14.3 Å². The zero-order valence-corrected chi connectivity index (χ0v) is 22.9. The minimum Gasteiger partial charge on any atom is -0.481 e. The van der Waals surface area contributed by atoms with Gasteiger partial charge in [0.15, 0.2) is 5.82 Å². The second-order valence-corrected chi connectivity index (χ2v) is 11.1. The van der Waals surface area contributed by atoms with Crippen LogP contribution in [0.15, 0.2) is 36.4 Å². The van der Waals surface area contributed by atoms with E-state index in [0.717, 1.165) is 72.8 Å². The molecule has 1 aromatic heterocycles. The van der Waals surface area contributed by atoms with Crippen LogP contribution in [0, 0.1) is 17.2 Å². The zero-order chi connectivity index (χ0) is 26.4. The van der Waals surface area contributed by atoms with E-state index in [1.165, 1.54) is 22.7 Å². The maximum Gasteiger partial charge on any atom is 0.303 e. The van der Waals surface area contributed by atoms with E-state index >= 15 is 0 Å². The SMILES string of the molecule is CCc1c(-c2nsc(-c3ccc(CC(C)C)c(C#N)c3)n2)cccc1C1CCN(CCCC(=O)O)CC1. The van der Waals surface area contributed by atoms with Crippen LogP contribution in [0.4, 0.5) is 0 Å². The molecule has 0 amide bonds. The molecule has 1 aliphatic heterocycles. The van der Waals surface area contributed by atoms with Crippen LogP contribution < -0.4 is 0 Å². The fraction of sp³-hybridized carbons (Fsp3) is 0.467. The molecule has 194 valence electrons. The number of carbonyl (C=O) groups is 1. The predicted molar refractivity (Wildman–Crippen MR) is 149 cm³/mol. The molecule has 0 radical (unpaired) electrons. The van der Waals surface area contributed by atoms with Crippen LogP contribution in [-0.4, -0.2) is 45.0 Å². The summed E-state index contributed by atoms with van der Waals surface area (Å²) < 4.78 is 4.74. The maximum absolute atomic E-state index is 10.8. The van der Waals surface area contributed by atoms with Gasteiger partial charge in [0.25, 0.3) is 0 Å². The summed E-state index contributed by atoms with van der Waals surface area (Å²) in [6.45, 7) is 9.39. The van der Waals surface area contributed by atoms with Crippen molar-refractivity contribution in [2.24, 2.45) is 5.92 Å². The molecule has 0 aliphatic carbocycles. The van der Waals surface area contributed by atoms with Gasteiger partial charge in [-0.2, -0.15) is 9.64 Å². The number of rotatable bonds is 10. The van der Waals surface area contributed by atoms with Gasteiger partial charge in [0.2, 0.25) is 0 Å². The number of aromatic nitrogens is 2. The van der Waals surface area contributed by atoms with E-state index in [9.17, 15) is 10.1 Å². The van der Waals surface area contributed by atoms with Crippen LogP contribution in [0.25, 0.3) is 22.0 Å². The van der Waals surface area contributed by atoms with Gasteiger partial charge >= 0.3 is 5.97 Å². The summed E-state index contributed by atoms with van der Waals surface area (Å²) in [6, 6.07) is 14.9. The van der Waals surface area contributed by atoms with E-state index in [1.54, 1.807) is 0 Å². The van der Waals surface area contributed by atoms with Crippen molar-refractivity contribution in [3.8, 4) is 28.0 Å². The average molecular weight is 517 g/mol. The van der Waals surface area contributed by atoms with Gasteiger partial charge in [-0.25, -0.2) is 4.98 Å². The van der Waals surface area contributed by atoms with Gasteiger partial charge < -0.3 is 10.0 Å². The lowest BCUT2D eigenvalue weighted by Gasteiger charge is -2.33. The summed E-state index contributed by atoms with van der Waals surface area (Å²) in [5.41, 5.74) is 6.56. The van der Waals surface area contributed by atoms with Crippen LogP contribution in [0.3, 0.4) is 0 Å². The highest BCUT2D eigenvalue weighted by Crippen LogP contribution is 2.36. The molecule has 2 aromatic carbocycles. The third-order valence-corrected chi connectivity index (χ3v) is 7.99. The Balaban J connectivity index is 1.52. The first-order chi connectivity index (χ1) is 17.9. The Morgan fingerprint density at radius 2 is 2.03 bits per heavy atom. The van der Waals surface area contributed by atoms with E-state index in [-0.39, 0.29) is 6.42 Å². The molecule has 37 heavy (non-hydrogen) atoms. The summed E-state index contributed by atoms with van der Waals surface area (Å²) in [7, 11) is 0. The molecular formula is C30H36N4O2S. The summed E-state index contributed by atoms with van der Waals surface area (Å²) in [4.78, 5) is 18.1. The Labute approximate surface area is 224 Å². The Morgan fingerprint density at radius 3 is 2.70 bits per heavy atom. The van der Waals surface area contributed by atoms with Gasteiger partial charge in [-0.05, 0) is 97.9 Å². The first kappa shape index (κ1) is 27.0. The smallest absolute Gasteiger partial charge is 0.303 e. The molecule has 0 spiro atoms. The molecule has 6 nitrogen and oxygen atoms in total. The monoisotopic (exact) mass is 516 g/mol. The maximum atomic E-state index is 10.8. The van der Waals surface area contributed by atoms with E-state index < -0.39 is 5.97 Å². The standard InChI is InChI=1S/C30H36N4O2S/c1-4-25-26(21-12-15-34(16-13-21)14-6-9-28(35)36)7-5-8-27(25)29-32-30(37-33-29)23-11-10-22(17-20(2)3)24(18-23)19-31/h5,7-8,10-11,18,20-21H,4,6,9,12-17H2,1-3H3,(H,35,36). The van der Waals surface area contributed by atoms with Gasteiger partial charge in [-0.1, -0.05) is 51.1 Å². The first-order valence-corrected chi connectivity index (χ1v) is 14.1. The number of benzene rings is 2. The number of carboxylic acids is 1. The molecule has 4 rings (SSSR count). The summed E-state index contributed by atoms with van der Waals surface area (Å²) >= 11 is 1.39. The average Bonchev–Trinajstić information content (AvgIpc) is 3.38. The number of carboxylic acid groups (broad SMARTS) is 1. The number of nitriles is 1. The van der Waals surface area contributed by atoms with Gasteiger partial charge in [-0.15, -0.1) is 0 Å². The van der Waals surface area contributed by atoms with Crippen molar-refractivity contribution in [1.29, 1.82) is 5.26 Å². The molecular weight excluding hydrogens is 480 g/mol. The lowest BCUT2D eigenvalue weighted by atomic mass is 9.84. The quantitative estimate of drug-likeness (QED) is 0.329. The third-order valence-electron chi connectivity index (χ3n) is 7.23. The number of aliphatic carboxylic acids is 1. The fourth-order valence-electron chi connectivity index (χ4n) is 5.39. The van der Waals surface area contributed by atoms with Crippen LogP contribution >= 0.6 is 11.5 Å². The van der Waals surface area contributed by atoms with Crippen LogP contribution in [0.5, 0.6) is 0 Å². The van der Waals surface area contributed by atoms with E-state index in [0.29, 0.717) is 23.8 Å². The number of likely N-dealkylation sites (tertiary alicyclic amines) is 1. The minimum absolute atomic E-state index is 0.241. The molecule has 3 aromatic rings. The number of hydrogen-bond acceptors (Lipinski definition) is 6. The van der Waals surface area contributed by atoms with Crippen molar-refractivity contribution in [2.75, 3.05) is 19.6 Å². The van der Waals surface area contributed by atoms with Gasteiger partial charge in [0, 0.05) is 17.5 Å². The zero-order valence-electron chi connectivity index (χ0n) is 22.0. The number of hydrogen-bond donors (Lipinski definition) is 1. The van der Waals surface area contributed by atoms with Gasteiger partial charge in [0.1, 0.15) is 5.01 Å². The normalized spacial score (nSPS) is 14.7. The molecule has 0 bridgehead atoms. The van der Waals surface area contributed by atoms with Crippen LogP contribution in [-0.2, 0) is 17.6 Å². The Morgan fingerprint density at radius 1 is 1.24 bits per heavy atom. The van der Waals surface area contributed by atoms with Crippen molar-refractivity contribution in [2.45, 2.75) is 65.2 Å². The highest BCUT2D eigenvalue weighted by molar-refractivity contribution is 7.09. The molecule has 2 heterocycles. The predicted octanol–water partition coefficient (Wildman–Crippen LogP) is 6.55. The molecule has 0 atom stereocenters. The first-order valence-electron chi connectivity index (χ1n) is 13.3. The Bertz CT molecular complexity index is 1270. The van der Waals surface area contributed by atoms with Gasteiger partial charge in [0.05, 0.1) is 11.6 Å². The van der Waals surface area contributed by atoms with Crippen LogP contribution in [0.2, 0.25) is 0 Å². The summed E-state index contributed by atoms with van der Waals surface area (Å²) in [5.74, 6) is 1.03.